The molecule has 7 nitrogen and oxygen atoms in total. The lowest BCUT2D eigenvalue weighted by Crippen LogP contribution is -2.50. The molecule has 7 heteroatoms. The Labute approximate surface area is 118 Å². The molecular formula is C13H20N4O3. The molecule has 0 unspecified atom stereocenters. The number of hydrogen-bond donors (Lipinski definition) is 1. The lowest BCUT2D eigenvalue weighted by molar-refractivity contribution is -0.384. The predicted molar refractivity (Wildman–Crippen MR) is 76.4 cm³/mol. The van der Waals surface area contributed by atoms with Crippen LogP contribution >= 0.6 is 0 Å². The summed E-state index contributed by atoms with van der Waals surface area (Å²) in [5.41, 5.74) is 0.114. The van der Waals surface area contributed by atoms with Crippen molar-refractivity contribution in [3.63, 3.8) is 0 Å². The van der Waals surface area contributed by atoms with E-state index in [-0.39, 0.29) is 11.2 Å². The van der Waals surface area contributed by atoms with E-state index >= 15 is 0 Å². The van der Waals surface area contributed by atoms with Gasteiger partial charge in [0.15, 0.2) is 0 Å². The van der Waals surface area contributed by atoms with E-state index in [1.807, 2.05) is 11.9 Å². The van der Waals surface area contributed by atoms with Crippen molar-refractivity contribution in [2.75, 3.05) is 32.1 Å². The van der Waals surface area contributed by atoms with E-state index in [1.165, 1.54) is 19.2 Å². The minimum Gasteiger partial charge on any atom is -0.481 e. The van der Waals surface area contributed by atoms with E-state index in [1.54, 1.807) is 0 Å². The molecule has 0 aromatic carbocycles. The van der Waals surface area contributed by atoms with Gasteiger partial charge in [0.05, 0.1) is 12.0 Å². The standard InChI is InChI=1S/C13H20N4O3/c1-13(14-2)6-8-16(9-7-13)12-10(17(18)19)4-5-11(15-12)20-3/h4-5,14H,6-9H2,1-3H3. The third-order valence-corrected chi connectivity index (χ3v) is 4.00. The highest BCUT2D eigenvalue weighted by atomic mass is 16.6. The minimum absolute atomic E-state index is 0.0267. The van der Waals surface area contributed by atoms with E-state index in [0.29, 0.717) is 11.7 Å². The highest BCUT2D eigenvalue weighted by Crippen LogP contribution is 2.32. The first kappa shape index (κ1) is 14.5. The molecule has 1 fully saturated rings. The Morgan fingerprint density at radius 2 is 2.10 bits per heavy atom. The zero-order chi connectivity index (χ0) is 14.8. The Morgan fingerprint density at radius 1 is 1.45 bits per heavy atom. The summed E-state index contributed by atoms with van der Waals surface area (Å²) in [6.07, 6.45) is 1.83. The van der Waals surface area contributed by atoms with Crippen molar-refractivity contribution in [2.45, 2.75) is 25.3 Å². The zero-order valence-electron chi connectivity index (χ0n) is 12.0. The number of nitrogens with zero attached hydrogens (tertiary/aromatic N) is 3. The SMILES string of the molecule is CNC1(C)CCN(c2nc(OC)ccc2[N+](=O)[O-])CC1. The highest BCUT2D eigenvalue weighted by molar-refractivity contribution is 5.59. The number of anilines is 1. The van der Waals surface area contributed by atoms with Gasteiger partial charge in [0.1, 0.15) is 0 Å². The van der Waals surface area contributed by atoms with Crippen molar-refractivity contribution in [1.82, 2.24) is 10.3 Å². The quantitative estimate of drug-likeness (QED) is 0.666. The monoisotopic (exact) mass is 280 g/mol. The number of hydrogen-bond acceptors (Lipinski definition) is 6. The topological polar surface area (TPSA) is 80.5 Å². The van der Waals surface area contributed by atoms with Crippen LogP contribution in [0.2, 0.25) is 0 Å². The third kappa shape index (κ3) is 2.82. The summed E-state index contributed by atoms with van der Waals surface area (Å²) in [6, 6.07) is 2.97. The normalized spacial score (nSPS) is 17.9. The van der Waals surface area contributed by atoms with Gasteiger partial charge in [-0.15, -0.1) is 0 Å². The van der Waals surface area contributed by atoms with Crippen LogP contribution in [0.4, 0.5) is 11.5 Å². The number of pyridine rings is 1. The van der Waals surface area contributed by atoms with Crippen LogP contribution in [0.25, 0.3) is 0 Å². The van der Waals surface area contributed by atoms with Gasteiger partial charge in [0, 0.05) is 30.8 Å². The molecule has 2 rings (SSSR count). The summed E-state index contributed by atoms with van der Waals surface area (Å²) in [4.78, 5) is 16.9. The number of piperidine rings is 1. The van der Waals surface area contributed by atoms with Crippen molar-refractivity contribution in [3.8, 4) is 5.88 Å². The van der Waals surface area contributed by atoms with Crippen LogP contribution in [0.3, 0.4) is 0 Å². The van der Waals surface area contributed by atoms with E-state index < -0.39 is 4.92 Å². The van der Waals surface area contributed by atoms with Crippen LogP contribution in [0.5, 0.6) is 5.88 Å². The van der Waals surface area contributed by atoms with Gasteiger partial charge in [-0.3, -0.25) is 10.1 Å². The molecule has 1 aromatic heterocycles. The first-order valence-electron chi connectivity index (χ1n) is 6.62. The van der Waals surface area contributed by atoms with Crippen molar-refractivity contribution < 1.29 is 9.66 Å². The highest BCUT2D eigenvalue weighted by Gasteiger charge is 2.31. The molecule has 110 valence electrons. The van der Waals surface area contributed by atoms with Crippen molar-refractivity contribution >= 4 is 11.5 Å². The lowest BCUT2D eigenvalue weighted by Gasteiger charge is -2.39. The smallest absolute Gasteiger partial charge is 0.311 e. The molecule has 0 amide bonds. The second kappa shape index (κ2) is 5.62. The molecule has 0 saturated carbocycles. The number of methoxy groups -OCH3 is 1. The van der Waals surface area contributed by atoms with Gasteiger partial charge in [-0.1, -0.05) is 0 Å². The average molecular weight is 280 g/mol. The Balaban J connectivity index is 2.26. The Bertz CT molecular complexity index is 498. The zero-order valence-corrected chi connectivity index (χ0v) is 12.0. The second-order valence-corrected chi connectivity index (χ2v) is 5.25. The van der Waals surface area contributed by atoms with Crippen LogP contribution in [0.15, 0.2) is 12.1 Å². The summed E-state index contributed by atoms with van der Waals surface area (Å²) >= 11 is 0. The van der Waals surface area contributed by atoms with Gasteiger partial charge < -0.3 is 15.0 Å². The summed E-state index contributed by atoms with van der Waals surface area (Å²) in [7, 11) is 3.45. The molecule has 1 N–H and O–H groups in total. The molecule has 0 aliphatic carbocycles. The molecule has 1 aliphatic heterocycles. The maximum Gasteiger partial charge on any atom is 0.311 e. The average Bonchev–Trinajstić information content (AvgIpc) is 2.47. The molecule has 0 atom stereocenters. The van der Waals surface area contributed by atoms with Crippen LogP contribution in [-0.2, 0) is 0 Å². The minimum atomic E-state index is -0.395. The van der Waals surface area contributed by atoms with E-state index in [0.717, 1.165) is 25.9 Å². The van der Waals surface area contributed by atoms with Crippen molar-refractivity contribution in [1.29, 1.82) is 0 Å². The molecule has 2 heterocycles. The largest absolute Gasteiger partial charge is 0.481 e. The van der Waals surface area contributed by atoms with E-state index in [2.05, 4.69) is 17.2 Å². The van der Waals surface area contributed by atoms with Gasteiger partial charge in [0.25, 0.3) is 0 Å². The molecule has 20 heavy (non-hydrogen) atoms. The Kier molecular flexibility index (Phi) is 4.08. The Hall–Kier alpha value is -1.89. The van der Waals surface area contributed by atoms with Crippen LogP contribution in [0.1, 0.15) is 19.8 Å². The molecular weight excluding hydrogens is 260 g/mol. The summed E-state index contributed by atoms with van der Waals surface area (Å²) < 4.78 is 5.07. The lowest BCUT2D eigenvalue weighted by atomic mass is 9.90. The molecule has 1 aliphatic rings. The number of nitrogens with one attached hydrogen (secondary N) is 1. The number of ether oxygens (including phenoxy) is 1. The van der Waals surface area contributed by atoms with Crippen LogP contribution < -0.4 is 15.0 Å². The molecule has 1 aromatic rings. The molecule has 0 spiro atoms. The predicted octanol–water partition coefficient (Wildman–Crippen LogP) is 1.58. The van der Waals surface area contributed by atoms with Crippen LogP contribution in [-0.4, -0.2) is 42.7 Å². The van der Waals surface area contributed by atoms with Gasteiger partial charge in [-0.05, 0) is 26.8 Å². The molecule has 0 bridgehead atoms. The van der Waals surface area contributed by atoms with Crippen molar-refractivity contribution in [3.05, 3.63) is 22.2 Å². The maximum absolute atomic E-state index is 11.1. The fraction of sp³-hybridized carbons (Fsp3) is 0.615. The summed E-state index contributed by atoms with van der Waals surface area (Å²) in [5, 5.41) is 14.4. The van der Waals surface area contributed by atoms with Crippen LogP contribution in [0, 0.1) is 10.1 Å². The molecule has 0 radical (unpaired) electrons. The fourth-order valence-corrected chi connectivity index (χ4v) is 2.37. The van der Waals surface area contributed by atoms with Gasteiger partial charge in [-0.2, -0.15) is 4.98 Å². The van der Waals surface area contributed by atoms with Gasteiger partial charge in [0.2, 0.25) is 11.7 Å². The number of rotatable bonds is 4. The number of nitro groups is 1. The van der Waals surface area contributed by atoms with Crippen molar-refractivity contribution in [2.24, 2.45) is 0 Å². The maximum atomic E-state index is 11.1. The molecule has 1 saturated heterocycles. The van der Waals surface area contributed by atoms with Gasteiger partial charge in [-0.25, -0.2) is 0 Å². The number of aromatic nitrogens is 1. The summed E-state index contributed by atoms with van der Waals surface area (Å²) in [6.45, 7) is 3.63. The summed E-state index contributed by atoms with van der Waals surface area (Å²) in [5.74, 6) is 0.792. The third-order valence-electron chi connectivity index (χ3n) is 4.00. The first-order valence-corrected chi connectivity index (χ1v) is 6.62. The first-order chi connectivity index (χ1) is 9.49. The van der Waals surface area contributed by atoms with E-state index in [9.17, 15) is 10.1 Å². The second-order valence-electron chi connectivity index (χ2n) is 5.25. The van der Waals surface area contributed by atoms with E-state index in [4.69, 9.17) is 4.74 Å². The van der Waals surface area contributed by atoms with Gasteiger partial charge >= 0.3 is 5.69 Å². The Morgan fingerprint density at radius 3 is 2.60 bits per heavy atom. The fourth-order valence-electron chi connectivity index (χ4n) is 2.37.